The van der Waals surface area contributed by atoms with Gasteiger partial charge in [-0.1, -0.05) is 37.2 Å². The number of methoxy groups -OCH3 is 1. The van der Waals surface area contributed by atoms with Gasteiger partial charge in [0.25, 0.3) is 5.91 Å². The minimum Gasteiger partial charge on any atom is -0.496 e. The van der Waals surface area contributed by atoms with Crippen LogP contribution in [0, 0.1) is 5.82 Å². The van der Waals surface area contributed by atoms with Gasteiger partial charge in [-0.15, -0.1) is 0 Å². The number of hydrogen-bond donors (Lipinski definition) is 1. The van der Waals surface area contributed by atoms with Gasteiger partial charge in [-0.05, 0) is 63.0 Å². The van der Waals surface area contributed by atoms with E-state index in [4.69, 9.17) is 26.3 Å². The lowest BCUT2D eigenvalue weighted by Gasteiger charge is -2.20. The maximum atomic E-state index is 15.2. The number of rotatable bonds is 6. The number of likely N-dealkylation sites (N-methyl/N-ethyl adjacent to an activating group) is 1. The van der Waals surface area contributed by atoms with Gasteiger partial charge >= 0.3 is 0 Å². The Morgan fingerprint density at radius 1 is 1.12 bits per heavy atom. The molecule has 10 heteroatoms. The van der Waals surface area contributed by atoms with E-state index in [9.17, 15) is 4.79 Å². The Hall–Kier alpha value is -4.34. The predicted octanol–water partition coefficient (Wildman–Crippen LogP) is 6.45. The third-order valence-corrected chi connectivity index (χ3v) is 7.98. The van der Waals surface area contributed by atoms with Crippen molar-refractivity contribution in [2.24, 2.45) is 4.99 Å². The topological polar surface area (TPSA) is 83.0 Å². The van der Waals surface area contributed by atoms with Crippen LogP contribution in [0.5, 0.6) is 5.75 Å². The maximum absolute atomic E-state index is 15.2. The van der Waals surface area contributed by atoms with Crippen LogP contribution in [0.3, 0.4) is 0 Å². The van der Waals surface area contributed by atoms with Gasteiger partial charge in [0, 0.05) is 58.3 Å². The zero-order valence-corrected chi connectivity index (χ0v) is 24.3. The molecule has 2 aliphatic heterocycles. The highest BCUT2D eigenvalue weighted by Crippen LogP contribution is 2.36. The predicted molar refractivity (Wildman–Crippen MR) is 169 cm³/mol. The van der Waals surface area contributed by atoms with Gasteiger partial charge in [0.2, 0.25) is 5.95 Å². The van der Waals surface area contributed by atoms with Crippen molar-refractivity contribution in [3.05, 3.63) is 100.0 Å². The Morgan fingerprint density at radius 3 is 2.70 bits per heavy atom. The normalized spacial score (nSPS) is 15.6. The van der Waals surface area contributed by atoms with Gasteiger partial charge in [0.1, 0.15) is 11.6 Å². The molecule has 0 saturated carbocycles. The molecular weight excluding hydrogens is 567 g/mol. The van der Waals surface area contributed by atoms with Crippen LogP contribution in [0.2, 0.25) is 5.02 Å². The van der Waals surface area contributed by atoms with E-state index in [1.54, 1.807) is 30.5 Å². The number of carbonyl (C=O) groups is 1. The Balaban J connectivity index is 0.00000368. The number of fused-ring (bicyclic) bond motifs is 3. The fourth-order valence-corrected chi connectivity index (χ4v) is 5.66. The van der Waals surface area contributed by atoms with E-state index in [-0.39, 0.29) is 25.4 Å². The quantitative estimate of drug-likeness (QED) is 0.274. The SMILES string of the molecule is C.COc1cccc(F)c1C1=NCc2cnc(Nc3cccc(C(=O)N4CCC(N(C)C)C4)c3)nc2-c2ccc(Cl)cc21. The number of nitrogens with zero attached hydrogens (tertiary/aromatic N) is 5. The molecule has 1 N–H and O–H groups in total. The molecular formula is C33H34ClFN6O2. The molecule has 0 radical (unpaired) electrons. The molecule has 2 aliphatic rings. The number of amides is 1. The summed E-state index contributed by atoms with van der Waals surface area (Å²) >= 11 is 6.41. The molecule has 4 aromatic rings. The molecule has 1 aromatic heterocycles. The number of likely N-dealkylation sites (tertiary alicyclic amines) is 1. The van der Waals surface area contributed by atoms with E-state index in [0.717, 1.165) is 24.1 Å². The van der Waals surface area contributed by atoms with Crippen molar-refractivity contribution in [1.29, 1.82) is 0 Å². The Morgan fingerprint density at radius 2 is 1.93 bits per heavy atom. The number of hydrogen-bond acceptors (Lipinski definition) is 7. The zero-order chi connectivity index (χ0) is 29.4. The van der Waals surface area contributed by atoms with Gasteiger partial charge in [-0.2, -0.15) is 0 Å². The molecule has 0 spiro atoms. The second-order valence-electron chi connectivity index (χ2n) is 10.6. The minimum absolute atomic E-state index is 0. The van der Waals surface area contributed by atoms with Crippen LogP contribution in [0.15, 0.2) is 71.9 Å². The van der Waals surface area contributed by atoms with Gasteiger partial charge in [-0.3, -0.25) is 9.79 Å². The van der Waals surface area contributed by atoms with Crippen LogP contribution in [-0.4, -0.2) is 71.7 Å². The summed E-state index contributed by atoms with van der Waals surface area (Å²) in [6.07, 6.45) is 2.68. The first kappa shape index (κ1) is 30.1. The summed E-state index contributed by atoms with van der Waals surface area (Å²) in [7, 11) is 5.59. The van der Waals surface area contributed by atoms with Gasteiger partial charge < -0.3 is 19.9 Å². The van der Waals surface area contributed by atoms with Crippen LogP contribution in [-0.2, 0) is 6.54 Å². The Bertz CT molecular complexity index is 1710. The van der Waals surface area contributed by atoms with Crippen molar-refractivity contribution in [2.75, 3.05) is 39.6 Å². The maximum Gasteiger partial charge on any atom is 0.253 e. The lowest BCUT2D eigenvalue weighted by atomic mass is 9.94. The van der Waals surface area contributed by atoms with E-state index >= 15 is 4.39 Å². The summed E-state index contributed by atoms with van der Waals surface area (Å²) in [4.78, 5) is 31.4. The molecule has 8 nitrogen and oxygen atoms in total. The average molecular weight is 601 g/mol. The van der Waals surface area contributed by atoms with E-state index < -0.39 is 5.82 Å². The van der Waals surface area contributed by atoms with Crippen LogP contribution in [0.4, 0.5) is 16.0 Å². The second kappa shape index (κ2) is 12.5. The molecule has 1 amide bonds. The van der Waals surface area contributed by atoms with Crippen LogP contribution >= 0.6 is 11.6 Å². The number of benzene rings is 3. The zero-order valence-electron chi connectivity index (χ0n) is 23.6. The number of aliphatic imine (C=N–C) groups is 1. The molecule has 0 aliphatic carbocycles. The van der Waals surface area contributed by atoms with Gasteiger partial charge in [0.05, 0.1) is 30.6 Å². The number of anilines is 2. The molecule has 3 aromatic carbocycles. The van der Waals surface area contributed by atoms with Crippen LogP contribution < -0.4 is 10.1 Å². The number of nitrogens with one attached hydrogen (secondary N) is 1. The van der Waals surface area contributed by atoms with Crippen molar-refractivity contribution < 1.29 is 13.9 Å². The highest BCUT2D eigenvalue weighted by molar-refractivity contribution is 6.31. The lowest BCUT2D eigenvalue weighted by Crippen LogP contribution is -2.34. The van der Waals surface area contributed by atoms with Crippen molar-refractivity contribution in [3.63, 3.8) is 0 Å². The van der Waals surface area contributed by atoms with Crippen molar-refractivity contribution in [2.45, 2.75) is 26.4 Å². The summed E-state index contributed by atoms with van der Waals surface area (Å²) in [5.41, 5.74) is 4.82. The van der Waals surface area contributed by atoms with E-state index in [1.807, 2.05) is 49.3 Å². The molecule has 43 heavy (non-hydrogen) atoms. The van der Waals surface area contributed by atoms with Gasteiger partial charge in [-0.25, -0.2) is 14.4 Å². The Labute approximate surface area is 256 Å². The Kier molecular flexibility index (Phi) is 8.75. The van der Waals surface area contributed by atoms with Crippen molar-refractivity contribution >= 4 is 34.9 Å². The molecule has 3 heterocycles. The first-order valence-corrected chi connectivity index (χ1v) is 14.1. The molecule has 1 fully saturated rings. The monoisotopic (exact) mass is 600 g/mol. The van der Waals surface area contributed by atoms with E-state index in [1.165, 1.54) is 13.2 Å². The van der Waals surface area contributed by atoms with Crippen molar-refractivity contribution in [1.82, 2.24) is 19.8 Å². The second-order valence-corrected chi connectivity index (χ2v) is 11.0. The lowest BCUT2D eigenvalue weighted by molar-refractivity contribution is 0.0783. The fourth-order valence-electron chi connectivity index (χ4n) is 5.49. The summed E-state index contributed by atoms with van der Waals surface area (Å²) < 4.78 is 20.6. The van der Waals surface area contributed by atoms with Crippen LogP contribution in [0.1, 0.15) is 40.9 Å². The molecule has 1 atom stereocenters. The van der Waals surface area contributed by atoms with E-state index in [2.05, 4.69) is 15.2 Å². The molecule has 6 rings (SSSR count). The number of aromatic nitrogens is 2. The molecule has 1 saturated heterocycles. The summed E-state index contributed by atoms with van der Waals surface area (Å²) in [6.45, 7) is 1.69. The summed E-state index contributed by atoms with van der Waals surface area (Å²) in [5, 5.41) is 3.74. The third kappa shape index (κ3) is 5.96. The summed E-state index contributed by atoms with van der Waals surface area (Å²) in [6, 6.07) is 17.8. The third-order valence-electron chi connectivity index (χ3n) is 7.74. The fraction of sp³-hybridized carbons (Fsp3) is 0.273. The smallest absolute Gasteiger partial charge is 0.253 e. The standard InChI is InChI=1S/C32H30ClFN6O2.CH4/c1-39(2)23-12-13-40(18-23)31(41)19-6-4-7-22(14-19)37-32-36-17-20-16-35-30(28-26(34)8-5-9-27(28)42-3)25-15-21(33)10-11-24(25)29(20)38-32;/h4-11,14-15,17,23H,12-13,16,18H2,1-3H3,(H,36,37,38);1H4. The summed E-state index contributed by atoms with van der Waals surface area (Å²) in [5.74, 6) is 0.295. The number of carbonyl (C=O) groups excluding carboxylic acids is 1. The first-order chi connectivity index (χ1) is 20.3. The highest BCUT2D eigenvalue weighted by Gasteiger charge is 2.28. The highest BCUT2D eigenvalue weighted by atomic mass is 35.5. The van der Waals surface area contributed by atoms with E-state index in [0.29, 0.717) is 57.5 Å². The first-order valence-electron chi connectivity index (χ1n) is 13.7. The van der Waals surface area contributed by atoms with Crippen molar-refractivity contribution in [3.8, 4) is 17.0 Å². The average Bonchev–Trinajstić information content (AvgIpc) is 3.44. The largest absolute Gasteiger partial charge is 0.496 e. The van der Waals surface area contributed by atoms with Crippen LogP contribution in [0.25, 0.3) is 11.3 Å². The minimum atomic E-state index is -0.445. The van der Waals surface area contributed by atoms with Gasteiger partial charge in [0.15, 0.2) is 0 Å². The number of halogens is 2. The molecule has 222 valence electrons. The molecule has 1 unspecified atom stereocenters. The number of ether oxygens (including phenoxy) is 1. The molecule has 0 bridgehead atoms.